The lowest BCUT2D eigenvalue weighted by Crippen LogP contribution is -2.50. The van der Waals surface area contributed by atoms with E-state index in [9.17, 15) is 22.9 Å². The summed E-state index contributed by atoms with van der Waals surface area (Å²) in [6.45, 7) is 1.08. The molecule has 1 aliphatic carbocycles. The van der Waals surface area contributed by atoms with Crippen LogP contribution in [0.25, 0.3) is 11.1 Å². The van der Waals surface area contributed by atoms with Crippen LogP contribution in [0.3, 0.4) is 0 Å². The van der Waals surface area contributed by atoms with E-state index in [4.69, 9.17) is 0 Å². The molecule has 0 aromatic heterocycles. The van der Waals surface area contributed by atoms with E-state index in [1.807, 2.05) is 0 Å². The number of rotatable bonds is 7. The van der Waals surface area contributed by atoms with E-state index in [0.717, 1.165) is 38.5 Å². The zero-order valence-corrected chi connectivity index (χ0v) is 20.9. The lowest BCUT2D eigenvalue weighted by molar-refractivity contribution is -0.124. The number of benzene rings is 2. The maximum atomic E-state index is 15.0. The van der Waals surface area contributed by atoms with Crippen molar-refractivity contribution in [3.63, 3.8) is 0 Å². The number of nitriles is 1. The summed E-state index contributed by atoms with van der Waals surface area (Å²) in [5.41, 5.74) is 1.66. The lowest BCUT2D eigenvalue weighted by atomic mass is 9.98. The van der Waals surface area contributed by atoms with Crippen molar-refractivity contribution >= 4 is 15.9 Å². The summed E-state index contributed by atoms with van der Waals surface area (Å²) in [5.74, 6) is -0.345. The molecule has 190 valence electrons. The Morgan fingerprint density at radius 2 is 1.83 bits per heavy atom. The first-order valence-electron chi connectivity index (χ1n) is 12.7. The molecule has 4 atom stereocenters. The molecule has 9 heteroatoms. The summed E-state index contributed by atoms with van der Waals surface area (Å²) in [7, 11) is -3.52. The summed E-state index contributed by atoms with van der Waals surface area (Å²) in [6.07, 6.45) is 5.97. The Morgan fingerprint density at radius 3 is 2.44 bits per heavy atom. The molecule has 0 spiro atoms. The Hall–Kier alpha value is -2.80. The highest BCUT2D eigenvalue weighted by Gasteiger charge is 2.43. The second-order valence-corrected chi connectivity index (χ2v) is 12.0. The fourth-order valence-electron chi connectivity index (χ4n) is 5.73. The van der Waals surface area contributed by atoms with E-state index in [1.165, 1.54) is 10.4 Å². The van der Waals surface area contributed by atoms with Gasteiger partial charge < -0.3 is 10.6 Å². The van der Waals surface area contributed by atoms with Gasteiger partial charge in [-0.1, -0.05) is 30.7 Å². The van der Waals surface area contributed by atoms with Crippen LogP contribution in [0.4, 0.5) is 4.39 Å². The van der Waals surface area contributed by atoms with Gasteiger partial charge in [0.15, 0.2) is 0 Å². The predicted octanol–water partition coefficient (Wildman–Crippen LogP) is 3.36. The van der Waals surface area contributed by atoms with Gasteiger partial charge in [0.1, 0.15) is 11.9 Å². The van der Waals surface area contributed by atoms with Crippen LogP contribution in [0, 0.1) is 23.1 Å². The van der Waals surface area contributed by atoms with Crippen molar-refractivity contribution in [2.45, 2.75) is 68.0 Å². The standard InChI is InChI=1S/C27H31FN4O3S/c28-25-16-19(18-7-10-24(11-8-18)36(34,35)32-12-2-1-3-13-32)4-5-20(25)14-23(17-29)31-27(33)26-21-6-9-22(15-21)30-26/h4-5,7-8,10-11,16,21-23,26,30H,1-3,6,9,12-15H2,(H,31,33)/t21?,22?,23-,26-/m0/s1. The maximum absolute atomic E-state index is 15.0. The molecule has 1 amide bonds. The minimum absolute atomic E-state index is 0.0716. The molecule has 0 radical (unpaired) electrons. The molecule has 2 saturated heterocycles. The molecule has 3 aliphatic rings. The smallest absolute Gasteiger partial charge is 0.243 e. The lowest BCUT2D eigenvalue weighted by Gasteiger charge is -2.25. The number of hydrogen-bond donors (Lipinski definition) is 2. The molecule has 2 aliphatic heterocycles. The van der Waals surface area contributed by atoms with Crippen LogP contribution < -0.4 is 10.6 Å². The average molecular weight is 511 g/mol. The zero-order chi connectivity index (χ0) is 25.3. The van der Waals surface area contributed by atoms with Gasteiger partial charge >= 0.3 is 0 Å². The highest BCUT2D eigenvalue weighted by molar-refractivity contribution is 7.89. The summed E-state index contributed by atoms with van der Waals surface area (Å²) >= 11 is 0. The Balaban J connectivity index is 1.24. The molecule has 2 unspecified atom stereocenters. The average Bonchev–Trinajstić information content (AvgIpc) is 3.54. The molecular weight excluding hydrogens is 479 g/mol. The van der Waals surface area contributed by atoms with Crippen LogP contribution in [-0.4, -0.2) is 49.8 Å². The van der Waals surface area contributed by atoms with Crippen LogP contribution in [0.2, 0.25) is 0 Å². The molecular formula is C27H31FN4O3S. The third-order valence-corrected chi connectivity index (χ3v) is 9.65. The number of carbonyl (C=O) groups is 1. The molecule has 2 aromatic rings. The van der Waals surface area contributed by atoms with Crippen LogP contribution in [0.5, 0.6) is 0 Å². The van der Waals surface area contributed by atoms with E-state index in [-0.39, 0.29) is 23.3 Å². The maximum Gasteiger partial charge on any atom is 0.243 e. The van der Waals surface area contributed by atoms with Crippen molar-refractivity contribution in [3.05, 3.63) is 53.8 Å². The number of nitrogens with one attached hydrogen (secondary N) is 2. The topological polar surface area (TPSA) is 102 Å². The molecule has 7 nitrogen and oxygen atoms in total. The van der Waals surface area contributed by atoms with E-state index >= 15 is 0 Å². The predicted molar refractivity (Wildman–Crippen MR) is 134 cm³/mol. The highest BCUT2D eigenvalue weighted by Crippen LogP contribution is 2.35. The summed E-state index contributed by atoms with van der Waals surface area (Å²) in [6, 6.07) is 12.6. The number of hydrogen-bond acceptors (Lipinski definition) is 5. The van der Waals surface area contributed by atoms with Crippen molar-refractivity contribution in [1.29, 1.82) is 5.26 Å². The highest BCUT2D eigenvalue weighted by atomic mass is 32.2. The van der Waals surface area contributed by atoms with Crippen molar-refractivity contribution in [2.24, 2.45) is 5.92 Å². The summed E-state index contributed by atoms with van der Waals surface area (Å²) in [4.78, 5) is 12.9. The van der Waals surface area contributed by atoms with Gasteiger partial charge in [-0.05, 0) is 72.9 Å². The zero-order valence-electron chi connectivity index (χ0n) is 20.1. The number of fused-ring (bicyclic) bond motifs is 2. The molecule has 2 bridgehead atoms. The first kappa shape index (κ1) is 24.9. The van der Waals surface area contributed by atoms with Crippen molar-refractivity contribution in [2.75, 3.05) is 13.1 Å². The first-order valence-corrected chi connectivity index (χ1v) is 14.1. The van der Waals surface area contributed by atoms with Gasteiger partial charge in [-0.15, -0.1) is 0 Å². The Kier molecular flexibility index (Phi) is 7.11. The fraction of sp³-hybridized carbons (Fsp3) is 0.481. The molecule has 2 aromatic carbocycles. The number of nitrogens with zero attached hydrogens (tertiary/aromatic N) is 2. The molecule has 5 rings (SSSR count). The summed E-state index contributed by atoms with van der Waals surface area (Å²) in [5, 5.41) is 15.6. The largest absolute Gasteiger partial charge is 0.339 e. The van der Waals surface area contributed by atoms with E-state index in [2.05, 4.69) is 16.7 Å². The van der Waals surface area contributed by atoms with Crippen LogP contribution in [-0.2, 0) is 21.2 Å². The molecule has 2 N–H and O–H groups in total. The fourth-order valence-corrected chi connectivity index (χ4v) is 7.24. The third kappa shape index (κ3) is 5.03. The number of piperidine rings is 2. The van der Waals surface area contributed by atoms with Gasteiger partial charge in [-0.3, -0.25) is 4.79 Å². The monoisotopic (exact) mass is 510 g/mol. The second-order valence-electron chi connectivity index (χ2n) is 10.1. The molecule has 3 fully saturated rings. The quantitative estimate of drug-likeness (QED) is 0.595. The minimum Gasteiger partial charge on any atom is -0.339 e. The van der Waals surface area contributed by atoms with Gasteiger partial charge in [0.05, 0.1) is 17.0 Å². The van der Waals surface area contributed by atoms with Gasteiger partial charge in [-0.25, -0.2) is 12.8 Å². The Bertz CT molecular complexity index is 1270. The van der Waals surface area contributed by atoms with E-state index < -0.39 is 21.9 Å². The number of amides is 1. The van der Waals surface area contributed by atoms with Gasteiger partial charge in [0.25, 0.3) is 0 Å². The molecule has 36 heavy (non-hydrogen) atoms. The van der Waals surface area contributed by atoms with E-state index in [0.29, 0.717) is 41.7 Å². The second kappa shape index (κ2) is 10.3. The first-order chi connectivity index (χ1) is 17.3. The van der Waals surface area contributed by atoms with Crippen LogP contribution in [0.1, 0.15) is 44.1 Å². The Morgan fingerprint density at radius 1 is 1.11 bits per heavy atom. The summed E-state index contributed by atoms with van der Waals surface area (Å²) < 4.78 is 42.2. The number of sulfonamides is 1. The van der Waals surface area contributed by atoms with Crippen molar-refractivity contribution in [3.8, 4) is 17.2 Å². The van der Waals surface area contributed by atoms with E-state index in [1.54, 1.807) is 36.4 Å². The van der Waals surface area contributed by atoms with Crippen LogP contribution in [0.15, 0.2) is 47.4 Å². The van der Waals surface area contributed by atoms with Gasteiger partial charge in [-0.2, -0.15) is 9.57 Å². The molecule has 2 heterocycles. The SMILES string of the molecule is N#C[C@H](Cc1ccc(-c2ccc(S(=O)(=O)N3CCCCC3)cc2)cc1F)NC(=O)[C@H]1NC2CCC1C2. The molecule has 1 saturated carbocycles. The number of carbonyl (C=O) groups excluding carboxylic acids is 1. The normalized spacial score (nSPS) is 24.8. The minimum atomic E-state index is -3.52. The van der Waals surface area contributed by atoms with Crippen molar-refractivity contribution in [1.82, 2.24) is 14.9 Å². The van der Waals surface area contributed by atoms with Gasteiger partial charge in [0.2, 0.25) is 15.9 Å². The Labute approximate surface area is 211 Å². The third-order valence-electron chi connectivity index (χ3n) is 7.73. The van der Waals surface area contributed by atoms with Crippen LogP contribution >= 0.6 is 0 Å². The van der Waals surface area contributed by atoms with Gasteiger partial charge in [0, 0.05) is 25.6 Å². The number of halogens is 1. The van der Waals surface area contributed by atoms with Crippen molar-refractivity contribution < 1.29 is 17.6 Å².